The van der Waals surface area contributed by atoms with Crippen LogP contribution in [-0.4, -0.2) is 39.4 Å². The Balaban J connectivity index is 1.90. The van der Waals surface area contributed by atoms with Gasteiger partial charge in [-0.2, -0.15) is 0 Å². The molecule has 1 fully saturated rings. The Hall–Kier alpha value is -2.63. The second-order valence-electron chi connectivity index (χ2n) is 5.95. The van der Waals surface area contributed by atoms with E-state index in [0.717, 1.165) is 17.2 Å². The van der Waals surface area contributed by atoms with Gasteiger partial charge < -0.3 is 15.2 Å². The zero-order chi connectivity index (χ0) is 16.6. The maximum absolute atomic E-state index is 12.8. The van der Waals surface area contributed by atoms with Gasteiger partial charge in [-0.25, -0.2) is 4.98 Å². The molecule has 1 aliphatic heterocycles. The maximum atomic E-state index is 12.8. The molecule has 1 atom stereocenters. The monoisotopic (exact) mass is 312 g/mol. The number of rotatable bonds is 3. The van der Waals surface area contributed by atoms with Gasteiger partial charge in [0.05, 0.1) is 11.5 Å². The summed E-state index contributed by atoms with van der Waals surface area (Å²) < 4.78 is 1.97. The van der Waals surface area contributed by atoms with Crippen LogP contribution >= 0.6 is 0 Å². The Morgan fingerprint density at radius 3 is 2.70 bits per heavy atom. The molecule has 0 bridgehead atoms. The van der Waals surface area contributed by atoms with E-state index in [1.807, 2.05) is 42.7 Å². The number of amides is 2. The van der Waals surface area contributed by atoms with E-state index in [1.165, 1.54) is 0 Å². The molecular weight excluding hydrogens is 292 g/mol. The van der Waals surface area contributed by atoms with Crippen LogP contribution in [0.2, 0.25) is 0 Å². The van der Waals surface area contributed by atoms with E-state index < -0.39 is 0 Å². The second kappa shape index (κ2) is 5.87. The largest absolute Gasteiger partial charge is 0.369 e. The van der Waals surface area contributed by atoms with Gasteiger partial charge in [-0.15, -0.1) is 0 Å². The lowest BCUT2D eigenvalue weighted by Gasteiger charge is -2.16. The predicted octanol–water partition coefficient (Wildman–Crippen LogP) is 1.44. The summed E-state index contributed by atoms with van der Waals surface area (Å²) in [6.07, 6.45) is 2.37. The molecule has 0 spiro atoms. The highest BCUT2D eigenvalue weighted by atomic mass is 16.2. The molecule has 0 radical (unpaired) electrons. The highest BCUT2D eigenvalue weighted by Crippen LogP contribution is 2.24. The van der Waals surface area contributed by atoms with Crippen LogP contribution in [0.1, 0.15) is 28.2 Å². The summed E-state index contributed by atoms with van der Waals surface area (Å²) in [5, 5.41) is 0. The average molecular weight is 312 g/mol. The molecule has 0 aliphatic carbocycles. The first-order valence-corrected chi connectivity index (χ1v) is 7.68. The van der Waals surface area contributed by atoms with E-state index in [0.29, 0.717) is 25.1 Å². The third-order valence-electron chi connectivity index (χ3n) is 4.42. The summed E-state index contributed by atoms with van der Waals surface area (Å²) in [5.41, 5.74) is 7.80. The molecular formula is C17H20N4O2. The van der Waals surface area contributed by atoms with Gasteiger partial charge in [0, 0.05) is 30.7 Å². The minimum absolute atomic E-state index is 0.0518. The Kier molecular flexibility index (Phi) is 3.90. The molecule has 2 aromatic heterocycles. The lowest BCUT2D eigenvalue weighted by molar-refractivity contribution is -0.121. The molecule has 2 amide bonds. The summed E-state index contributed by atoms with van der Waals surface area (Å²) in [4.78, 5) is 30.1. The van der Waals surface area contributed by atoms with Crippen LogP contribution in [0.4, 0.5) is 0 Å². The summed E-state index contributed by atoms with van der Waals surface area (Å²) in [6.45, 7) is 4.84. The lowest BCUT2D eigenvalue weighted by Crippen LogP contribution is -2.32. The molecule has 2 aromatic rings. The third-order valence-corrected chi connectivity index (χ3v) is 4.42. The van der Waals surface area contributed by atoms with Gasteiger partial charge in [-0.1, -0.05) is 6.07 Å². The highest BCUT2D eigenvalue weighted by Gasteiger charge is 2.31. The van der Waals surface area contributed by atoms with Gasteiger partial charge >= 0.3 is 0 Å². The van der Waals surface area contributed by atoms with Crippen molar-refractivity contribution in [2.75, 3.05) is 13.1 Å². The molecule has 1 aliphatic rings. The summed E-state index contributed by atoms with van der Waals surface area (Å²) in [7, 11) is 0. The number of primary amides is 1. The molecule has 0 aromatic carbocycles. The number of carbonyl (C=O) groups is 2. The zero-order valence-corrected chi connectivity index (χ0v) is 13.3. The molecule has 1 saturated heterocycles. The van der Waals surface area contributed by atoms with Crippen molar-refractivity contribution in [2.24, 2.45) is 11.7 Å². The van der Waals surface area contributed by atoms with E-state index in [2.05, 4.69) is 4.98 Å². The number of nitrogens with two attached hydrogens (primary N) is 1. The van der Waals surface area contributed by atoms with Crippen molar-refractivity contribution in [2.45, 2.75) is 20.3 Å². The molecule has 0 saturated carbocycles. The SMILES string of the molecule is Cc1cc(C(=O)N2CC[C@H](C(N)=O)C2)c(C)n1-c1ccccn1. The van der Waals surface area contributed by atoms with Crippen molar-refractivity contribution in [1.82, 2.24) is 14.5 Å². The van der Waals surface area contributed by atoms with Gasteiger partial charge in [-0.3, -0.25) is 9.59 Å². The van der Waals surface area contributed by atoms with Crippen molar-refractivity contribution in [3.8, 4) is 5.82 Å². The van der Waals surface area contributed by atoms with Gasteiger partial charge in [0.1, 0.15) is 5.82 Å². The van der Waals surface area contributed by atoms with Crippen molar-refractivity contribution < 1.29 is 9.59 Å². The first-order valence-electron chi connectivity index (χ1n) is 7.68. The van der Waals surface area contributed by atoms with Crippen LogP contribution in [-0.2, 0) is 4.79 Å². The summed E-state index contributed by atoms with van der Waals surface area (Å²) in [6, 6.07) is 7.57. The molecule has 23 heavy (non-hydrogen) atoms. The Morgan fingerprint density at radius 1 is 1.30 bits per heavy atom. The first kappa shape index (κ1) is 15.3. The van der Waals surface area contributed by atoms with Crippen LogP contribution in [0.3, 0.4) is 0 Å². The smallest absolute Gasteiger partial charge is 0.255 e. The zero-order valence-electron chi connectivity index (χ0n) is 13.3. The van der Waals surface area contributed by atoms with Crippen LogP contribution in [0.5, 0.6) is 0 Å². The van der Waals surface area contributed by atoms with Crippen LogP contribution in [0.15, 0.2) is 30.5 Å². The Labute approximate surface area is 134 Å². The van der Waals surface area contributed by atoms with E-state index in [9.17, 15) is 9.59 Å². The Bertz CT molecular complexity index is 751. The van der Waals surface area contributed by atoms with Crippen molar-refractivity contribution in [3.05, 3.63) is 47.4 Å². The first-order chi connectivity index (χ1) is 11.0. The number of aromatic nitrogens is 2. The number of hydrogen-bond acceptors (Lipinski definition) is 3. The van der Waals surface area contributed by atoms with E-state index in [-0.39, 0.29) is 17.7 Å². The lowest BCUT2D eigenvalue weighted by atomic mass is 10.1. The average Bonchev–Trinajstić information content (AvgIpc) is 3.13. The van der Waals surface area contributed by atoms with E-state index in [1.54, 1.807) is 11.1 Å². The number of aryl methyl sites for hydroxylation is 1. The maximum Gasteiger partial charge on any atom is 0.255 e. The normalized spacial score (nSPS) is 17.5. The van der Waals surface area contributed by atoms with Gasteiger partial charge in [-0.05, 0) is 38.5 Å². The molecule has 120 valence electrons. The number of hydrogen-bond donors (Lipinski definition) is 1. The molecule has 3 rings (SSSR count). The number of carbonyl (C=O) groups excluding carboxylic acids is 2. The fourth-order valence-corrected chi connectivity index (χ4v) is 3.17. The number of likely N-dealkylation sites (tertiary alicyclic amines) is 1. The van der Waals surface area contributed by atoms with Gasteiger partial charge in [0.15, 0.2) is 0 Å². The van der Waals surface area contributed by atoms with Crippen molar-refractivity contribution >= 4 is 11.8 Å². The summed E-state index contributed by atoms with van der Waals surface area (Å²) >= 11 is 0. The molecule has 0 unspecified atom stereocenters. The topological polar surface area (TPSA) is 81.2 Å². The van der Waals surface area contributed by atoms with Gasteiger partial charge in [0.2, 0.25) is 5.91 Å². The standard InChI is InChI=1S/C17H20N4O2/c1-11-9-14(12(2)21(11)15-5-3-4-7-19-15)17(23)20-8-6-13(10-20)16(18)22/h3-5,7,9,13H,6,8,10H2,1-2H3,(H2,18,22)/t13-/m0/s1. The van der Waals surface area contributed by atoms with Crippen LogP contribution in [0.25, 0.3) is 5.82 Å². The van der Waals surface area contributed by atoms with E-state index >= 15 is 0 Å². The molecule has 2 N–H and O–H groups in total. The fourth-order valence-electron chi connectivity index (χ4n) is 3.17. The number of pyridine rings is 1. The fraction of sp³-hybridized carbons (Fsp3) is 0.353. The predicted molar refractivity (Wildman–Crippen MR) is 86.2 cm³/mol. The van der Waals surface area contributed by atoms with Gasteiger partial charge in [0.25, 0.3) is 5.91 Å². The van der Waals surface area contributed by atoms with Crippen LogP contribution in [0, 0.1) is 19.8 Å². The van der Waals surface area contributed by atoms with Crippen LogP contribution < -0.4 is 5.73 Å². The number of nitrogens with zero attached hydrogens (tertiary/aromatic N) is 3. The quantitative estimate of drug-likeness (QED) is 0.931. The summed E-state index contributed by atoms with van der Waals surface area (Å²) in [5.74, 6) is 0.166. The molecule has 6 nitrogen and oxygen atoms in total. The second-order valence-corrected chi connectivity index (χ2v) is 5.95. The Morgan fingerprint density at radius 2 is 2.09 bits per heavy atom. The minimum Gasteiger partial charge on any atom is -0.369 e. The third kappa shape index (κ3) is 2.72. The minimum atomic E-state index is -0.334. The molecule has 6 heteroatoms. The molecule has 3 heterocycles. The van der Waals surface area contributed by atoms with E-state index in [4.69, 9.17) is 5.73 Å². The highest BCUT2D eigenvalue weighted by molar-refractivity contribution is 5.96. The van der Waals surface area contributed by atoms with Crippen molar-refractivity contribution in [1.29, 1.82) is 0 Å². The van der Waals surface area contributed by atoms with Crippen molar-refractivity contribution in [3.63, 3.8) is 0 Å².